The van der Waals surface area contributed by atoms with Gasteiger partial charge in [0.15, 0.2) is 16.4 Å². The molecule has 0 atom stereocenters. The summed E-state index contributed by atoms with van der Waals surface area (Å²) >= 11 is 11.7. The predicted molar refractivity (Wildman–Crippen MR) is 124 cm³/mol. The zero-order valence-corrected chi connectivity index (χ0v) is 20.1. The molecule has 8 nitrogen and oxygen atoms in total. The first kappa shape index (κ1) is 26.6. The third kappa shape index (κ3) is 8.68. The highest BCUT2D eigenvalue weighted by Gasteiger charge is 2.21. The number of carbonyl (C=O) groups excluding carboxylic acids is 3. The van der Waals surface area contributed by atoms with Crippen LogP contribution in [0.4, 0.5) is 5.69 Å². The van der Waals surface area contributed by atoms with Crippen molar-refractivity contribution in [2.24, 2.45) is 0 Å². The van der Waals surface area contributed by atoms with Crippen molar-refractivity contribution >= 4 is 56.6 Å². The molecule has 2 aromatic rings. The Morgan fingerprint density at radius 2 is 1.70 bits per heavy atom. The van der Waals surface area contributed by atoms with Crippen molar-refractivity contribution in [1.29, 1.82) is 0 Å². The minimum atomic E-state index is -3.87. The Morgan fingerprint density at radius 1 is 1.00 bits per heavy atom. The number of esters is 2. The standard InChI is InChI=1S/C22H23Cl2NO7S/c1-2-3-11-31-22(28)15-4-7-17(8-5-15)25-20(26)14-32-21(27)10-12-33(29,30)19-13-16(23)6-9-18(19)24/h4-9,13H,2-3,10-12,14H2,1H3,(H,25,26). The topological polar surface area (TPSA) is 116 Å². The lowest BCUT2D eigenvalue weighted by Gasteiger charge is -2.09. The Balaban J connectivity index is 1.79. The highest BCUT2D eigenvalue weighted by atomic mass is 35.5. The Hall–Kier alpha value is -2.62. The fourth-order valence-corrected chi connectivity index (χ4v) is 4.57. The van der Waals surface area contributed by atoms with Crippen molar-refractivity contribution in [2.45, 2.75) is 31.1 Å². The van der Waals surface area contributed by atoms with Gasteiger partial charge in [-0.25, -0.2) is 13.2 Å². The number of hydrogen-bond donors (Lipinski definition) is 1. The van der Waals surface area contributed by atoms with E-state index in [1.54, 1.807) is 0 Å². The monoisotopic (exact) mass is 515 g/mol. The number of benzene rings is 2. The largest absolute Gasteiger partial charge is 0.462 e. The molecule has 178 valence electrons. The van der Waals surface area contributed by atoms with Gasteiger partial charge in [0.25, 0.3) is 5.91 Å². The van der Waals surface area contributed by atoms with E-state index in [0.29, 0.717) is 17.9 Å². The summed E-state index contributed by atoms with van der Waals surface area (Å²) in [6, 6.07) is 10.0. The van der Waals surface area contributed by atoms with Gasteiger partial charge in [0.1, 0.15) is 0 Å². The normalized spacial score (nSPS) is 11.0. The van der Waals surface area contributed by atoms with Crippen LogP contribution in [0.3, 0.4) is 0 Å². The minimum absolute atomic E-state index is 0.00705. The lowest BCUT2D eigenvalue weighted by atomic mass is 10.2. The zero-order chi connectivity index (χ0) is 24.4. The maximum atomic E-state index is 12.4. The lowest BCUT2D eigenvalue weighted by Crippen LogP contribution is -2.22. The molecule has 33 heavy (non-hydrogen) atoms. The van der Waals surface area contributed by atoms with E-state index in [0.717, 1.165) is 12.8 Å². The van der Waals surface area contributed by atoms with Crippen LogP contribution in [0, 0.1) is 0 Å². The van der Waals surface area contributed by atoms with E-state index in [9.17, 15) is 22.8 Å². The zero-order valence-electron chi connectivity index (χ0n) is 17.8. The van der Waals surface area contributed by atoms with Gasteiger partial charge in [0.2, 0.25) is 0 Å². The molecule has 0 aliphatic heterocycles. The number of nitrogens with one attached hydrogen (secondary N) is 1. The van der Waals surface area contributed by atoms with E-state index >= 15 is 0 Å². The molecule has 0 radical (unpaired) electrons. The maximum Gasteiger partial charge on any atom is 0.338 e. The molecule has 0 saturated heterocycles. The van der Waals surface area contributed by atoms with Gasteiger partial charge < -0.3 is 14.8 Å². The summed E-state index contributed by atoms with van der Waals surface area (Å²) in [7, 11) is -3.87. The van der Waals surface area contributed by atoms with Crippen LogP contribution >= 0.6 is 23.2 Å². The number of hydrogen-bond acceptors (Lipinski definition) is 7. The number of rotatable bonds is 11. The van der Waals surface area contributed by atoms with Crippen LogP contribution in [-0.2, 0) is 28.9 Å². The van der Waals surface area contributed by atoms with Gasteiger partial charge in [0.05, 0.1) is 34.3 Å². The minimum Gasteiger partial charge on any atom is -0.462 e. The highest BCUT2D eigenvalue weighted by molar-refractivity contribution is 7.91. The van der Waals surface area contributed by atoms with E-state index < -0.39 is 46.5 Å². The molecule has 11 heteroatoms. The molecular weight excluding hydrogens is 493 g/mol. The molecule has 1 amide bonds. The quantitative estimate of drug-likeness (QED) is 0.350. The number of carbonyl (C=O) groups is 3. The van der Waals surface area contributed by atoms with Gasteiger partial charge >= 0.3 is 11.9 Å². The van der Waals surface area contributed by atoms with Crippen molar-refractivity contribution in [3.05, 3.63) is 58.1 Å². The molecule has 0 aliphatic rings. The molecule has 0 aromatic heterocycles. The van der Waals surface area contributed by atoms with Gasteiger partial charge in [-0.2, -0.15) is 0 Å². The van der Waals surface area contributed by atoms with Crippen molar-refractivity contribution in [3.8, 4) is 0 Å². The molecule has 0 saturated carbocycles. The summed E-state index contributed by atoms with van der Waals surface area (Å²) in [4.78, 5) is 35.5. The van der Waals surface area contributed by atoms with Gasteiger partial charge in [-0.1, -0.05) is 36.5 Å². The second-order valence-electron chi connectivity index (χ2n) is 6.92. The summed E-state index contributed by atoms with van der Waals surface area (Å²) in [6.45, 7) is 1.73. The van der Waals surface area contributed by atoms with Gasteiger partial charge in [-0.15, -0.1) is 0 Å². The van der Waals surface area contributed by atoms with Crippen molar-refractivity contribution in [1.82, 2.24) is 0 Å². The average molecular weight is 516 g/mol. The van der Waals surface area contributed by atoms with Crippen LogP contribution in [0.25, 0.3) is 0 Å². The fraction of sp³-hybridized carbons (Fsp3) is 0.318. The van der Waals surface area contributed by atoms with E-state index in [1.165, 1.54) is 42.5 Å². The van der Waals surface area contributed by atoms with Gasteiger partial charge in [0, 0.05) is 10.7 Å². The smallest absolute Gasteiger partial charge is 0.338 e. The van der Waals surface area contributed by atoms with Crippen LogP contribution in [0.2, 0.25) is 10.0 Å². The van der Waals surface area contributed by atoms with E-state index in [-0.39, 0.29) is 14.9 Å². The molecule has 0 fully saturated rings. The predicted octanol–water partition coefficient (Wildman–Crippen LogP) is 4.30. The van der Waals surface area contributed by atoms with Crippen LogP contribution < -0.4 is 5.32 Å². The maximum absolute atomic E-state index is 12.4. The van der Waals surface area contributed by atoms with Crippen LogP contribution in [0.15, 0.2) is 47.4 Å². The summed E-state index contributed by atoms with van der Waals surface area (Å²) < 4.78 is 34.7. The molecule has 1 N–H and O–H groups in total. The van der Waals surface area contributed by atoms with E-state index in [2.05, 4.69) is 5.32 Å². The van der Waals surface area contributed by atoms with Crippen molar-refractivity contribution < 1.29 is 32.3 Å². The first-order valence-corrected chi connectivity index (χ1v) is 12.4. The molecule has 2 rings (SSSR count). The summed E-state index contributed by atoms with van der Waals surface area (Å²) in [5.41, 5.74) is 0.732. The fourth-order valence-electron chi connectivity index (χ4n) is 2.54. The molecule has 0 spiro atoms. The molecule has 0 heterocycles. The third-order valence-electron chi connectivity index (χ3n) is 4.30. The SMILES string of the molecule is CCCCOC(=O)c1ccc(NC(=O)COC(=O)CCS(=O)(=O)c2cc(Cl)ccc2Cl)cc1. The third-order valence-corrected chi connectivity index (χ3v) is 6.73. The Labute approximate surface area is 202 Å². The Bertz CT molecular complexity index is 1100. The number of ether oxygens (including phenoxy) is 2. The summed E-state index contributed by atoms with van der Waals surface area (Å²) in [5.74, 6) is -2.49. The van der Waals surface area contributed by atoms with Crippen molar-refractivity contribution in [3.63, 3.8) is 0 Å². The van der Waals surface area contributed by atoms with Crippen LogP contribution in [0.5, 0.6) is 0 Å². The lowest BCUT2D eigenvalue weighted by molar-refractivity contribution is -0.146. The first-order chi connectivity index (χ1) is 15.6. The Morgan fingerprint density at radius 3 is 2.36 bits per heavy atom. The molecular formula is C22H23Cl2NO7S. The second-order valence-corrected chi connectivity index (χ2v) is 9.84. The molecule has 0 aliphatic carbocycles. The summed E-state index contributed by atoms with van der Waals surface area (Å²) in [5, 5.41) is 2.70. The van der Waals surface area contributed by atoms with Crippen molar-refractivity contribution in [2.75, 3.05) is 24.3 Å². The highest BCUT2D eigenvalue weighted by Crippen LogP contribution is 2.26. The first-order valence-electron chi connectivity index (χ1n) is 10.0. The van der Waals surface area contributed by atoms with Crippen LogP contribution in [-0.4, -0.2) is 45.2 Å². The number of anilines is 1. The van der Waals surface area contributed by atoms with Gasteiger partial charge in [-0.05, 0) is 48.9 Å². The number of halogens is 2. The summed E-state index contributed by atoms with van der Waals surface area (Å²) in [6.07, 6.45) is 1.22. The van der Waals surface area contributed by atoms with Crippen LogP contribution in [0.1, 0.15) is 36.5 Å². The Kier molecular flexibility index (Phi) is 10.1. The van der Waals surface area contributed by atoms with E-state index in [4.69, 9.17) is 32.7 Å². The second kappa shape index (κ2) is 12.6. The van der Waals surface area contributed by atoms with Gasteiger partial charge in [-0.3, -0.25) is 9.59 Å². The van der Waals surface area contributed by atoms with E-state index in [1.807, 2.05) is 6.92 Å². The number of amides is 1. The molecule has 0 bridgehead atoms. The average Bonchev–Trinajstić information content (AvgIpc) is 2.78. The molecule has 0 unspecified atom stereocenters. The molecule has 2 aromatic carbocycles. The number of sulfone groups is 1. The number of unbranched alkanes of at least 4 members (excludes halogenated alkanes) is 1.